The van der Waals surface area contributed by atoms with E-state index in [1.165, 1.54) is 22.3 Å². The van der Waals surface area contributed by atoms with Crippen molar-refractivity contribution in [2.75, 3.05) is 20.7 Å². The Labute approximate surface area is 117 Å². The predicted octanol–water partition coefficient (Wildman–Crippen LogP) is 2.79. The van der Waals surface area contributed by atoms with Crippen LogP contribution in [0.3, 0.4) is 0 Å². The number of benzene rings is 1. The number of hydrogen-bond donors (Lipinski definition) is 1. The van der Waals surface area contributed by atoms with E-state index in [4.69, 9.17) is 10.5 Å². The lowest BCUT2D eigenvalue weighted by atomic mass is 9.97. The molecule has 0 saturated heterocycles. The largest absolute Gasteiger partial charge is 0.496 e. The molecule has 0 atom stereocenters. The first kappa shape index (κ1) is 16.0. The first-order valence-electron chi connectivity index (χ1n) is 6.77. The Bertz CT molecular complexity index is 447. The zero-order chi connectivity index (χ0) is 14.8. The van der Waals surface area contributed by atoms with Gasteiger partial charge in [0, 0.05) is 18.6 Å². The average Bonchev–Trinajstić information content (AvgIpc) is 2.23. The number of ether oxygens (including phenoxy) is 1. The lowest BCUT2D eigenvalue weighted by Gasteiger charge is -2.27. The smallest absolute Gasteiger partial charge is 0.124 e. The molecule has 0 aliphatic rings. The molecular formula is C16H28N2O. The molecule has 108 valence electrons. The summed E-state index contributed by atoms with van der Waals surface area (Å²) >= 11 is 0. The third-order valence-corrected chi connectivity index (χ3v) is 3.46. The Kier molecular flexibility index (Phi) is 4.99. The van der Waals surface area contributed by atoms with Gasteiger partial charge >= 0.3 is 0 Å². The minimum absolute atomic E-state index is 0.167. The van der Waals surface area contributed by atoms with Crippen molar-refractivity contribution < 1.29 is 4.74 Å². The van der Waals surface area contributed by atoms with Gasteiger partial charge in [0.15, 0.2) is 0 Å². The van der Waals surface area contributed by atoms with E-state index in [1.54, 1.807) is 7.11 Å². The summed E-state index contributed by atoms with van der Waals surface area (Å²) in [6.07, 6.45) is 0. The summed E-state index contributed by atoms with van der Waals surface area (Å²) in [4.78, 5) is 2.27. The summed E-state index contributed by atoms with van der Waals surface area (Å²) in [5.41, 5.74) is 11.0. The predicted molar refractivity (Wildman–Crippen MR) is 81.8 cm³/mol. The molecule has 3 heteroatoms. The fourth-order valence-electron chi connectivity index (χ4n) is 2.66. The molecule has 0 aliphatic heterocycles. The maximum atomic E-state index is 6.07. The van der Waals surface area contributed by atoms with Crippen LogP contribution in [0.1, 0.15) is 36.1 Å². The van der Waals surface area contributed by atoms with Crippen LogP contribution in [0.15, 0.2) is 6.07 Å². The van der Waals surface area contributed by atoms with Crippen LogP contribution in [0.25, 0.3) is 0 Å². The molecule has 0 amide bonds. The lowest BCUT2D eigenvalue weighted by Crippen LogP contribution is -2.43. The van der Waals surface area contributed by atoms with Crippen molar-refractivity contribution in [3.8, 4) is 5.75 Å². The van der Waals surface area contributed by atoms with Gasteiger partial charge in [-0.1, -0.05) is 6.07 Å². The molecule has 0 fully saturated rings. The number of likely N-dealkylation sites (N-methyl/N-ethyl adjacent to an activating group) is 1. The molecular weight excluding hydrogens is 236 g/mol. The van der Waals surface area contributed by atoms with E-state index >= 15 is 0 Å². The second-order valence-electron chi connectivity index (χ2n) is 6.30. The monoisotopic (exact) mass is 264 g/mol. The number of hydrogen-bond acceptors (Lipinski definition) is 3. The van der Waals surface area contributed by atoms with E-state index in [2.05, 4.69) is 52.6 Å². The SMILES string of the molecule is COc1c(C)cc(CN(C)CC(C)(C)N)c(C)c1C. The van der Waals surface area contributed by atoms with E-state index in [1.807, 2.05) is 0 Å². The summed E-state index contributed by atoms with van der Waals surface area (Å²) in [5, 5.41) is 0. The van der Waals surface area contributed by atoms with E-state index < -0.39 is 0 Å². The second-order valence-corrected chi connectivity index (χ2v) is 6.30. The number of rotatable bonds is 5. The van der Waals surface area contributed by atoms with Gasteiger partial charge in [-0.25, -0.2) is 0 Å². The second kappa shape index (κ2) is 5.93. The van der Waals surface area contributed by atoms with Gasteiger partial charge in [-0.05, 0) is 63.9 Å². The number of aryl methyl sites for hydroxylation is 1. The Hall–Kier alpha value is -1.06. The molecule has 0 aliphatic carbocycles. The van der Waals surface area contributed by atoms with E-state index in [0.717, 1.165) is 18.8 Å². The third-order valence-electron chi connectivity index (χ3n) is 3.46. The van der Waals surface area contributed by atoms with Gasteiger partial charge in [-0.2, -0.15) is 0 Å². The Balaban J connectivity index is 2.97. The molecule has 0 aromatic heterocycles. The van der Waals surface area contributed by atoms with Crippen LogP contribution >= 0.6 is 0 Å². The normalized spacial score (nSPS) is 12.1. The molecule has 19 heavy (non-hydrogen) atoms. The highest BCUT2D eigenvalue weighted by Gasteiger charge is 2.16. The minimum atomic E-state index is -0.167. The molecule has 1 aromatic rings. The first-order valence-corrected chi connectivity index (χ1v) is 6.77. The Morgan fingerprint density at radius 3 is 2.26 bits per heavy atom. The molecule has 3 nitrogen and oxygen atoms in total. The topological polar surface area (TPSA) is 38.5 Å². The van der Waals surface area contributed by atoms with Crippen molar-refractivity contribution in [1.29, 1.82) is 0 Å². The zero-order valence-corrected chi connectivity index (χ0v) is 13.4. The van der Waals surface area contributed by atoms with Crippen molar-refractivity contribution in [2.45, 2.75) is 46.7 Å². The van der Waals surface area contributed by atoms with E-state index in [9.17, 15) is 0 Å². The highest BCUT2D eigenvalue weighted by Crippen LogP contribution is 2.29. The molecule has 0 heterocycles. The first-order chi connectivity index (χ1) is 8.65. The number of nitrogens with zero attached hydrogens (tertiary/aromatic N) is 1. The zero-order valence-electron chi connectivity index (χ0n) is 13.4. The summed E-state index contributed by atoms with van der Waals surface area (Å²) in [5.74, 6) is 1.00. The van der Waals surface area contributed by atoms with Gasteiger partial charge in [0.2, 0.25) is 0 Å². The van der Waals surface area contributed by atoms with Gasteiger partial charge in [-0.15, -0.1) is 0 Å². The van der Waals surface area contributed by atoms with Crippen LogP contribution < -0.4 is 10.5 Å². The fraction of sp³-hybridized carbons (Fsp3) is 0.625. The molecule has 1 aromatic carbocycles. The molecule has 2 N–H and O–H groups in total. The van der Waals surface area contributed by atoms with Crippen LogP contribution in [-0.4, -0.2) is 31.1 Å². The molecule has 0 radical (unpaired) electrons. The van der Waals surface area contributed by atoms with Crippen LogP contribution in [0.2, 0.25) is 0 Å². The molecule has 0 saturated carbocycles. The standard InChI is InChI=1S/C16H28N2O/c1-11-8-14(9-18(6)10-16(4,5)17)12(2)13(3)15(11)19-7/h8H,9-10,17H2,1-7H3. The van der Waals surface area contributed by atoms with Gasteiger partial charge < -0.3 is 15.4 Å². The number of nitrogens with two attached hydrogens (primary N) is 1. The highest BCUT2D eigenvalue weighted by molar-refractivity contribution is 5.48. The Morgan fingerprint density at radius 2 is 1.79 bits per heavy atom. The molecule has 0 unspecified atom stereocenters. The van der Waals surface area contributed by atoms with Gasteiger partial charge in [0.1, 0.15) is 5.75 Å². The quantitative estimate of drug-likeness (QED) is 0.888. The minimum Gasteiger partial charge on any atom is -0.496 e. The summed E-state index contributed by atoms with van der Waals surface area (Å²) in [6, 6.07) is 2.22. The molecule has 0 bridgehead atoms. The van der Waals surface area contributed by atoms with Crippen LogP contribution in [0.4, 0.5) is 0 Å². The third kappa shape index (κ3) is 4.22. The summed E-state index contributed by atoms with van der Waals surface area (Å²) in [7, 11) is 3.85. The Morgan fingerprint density at radius 1 is 1.21 bits per heavy atom. The number of methoxy groups -OCH3 is 1. The van der Waals surface area contributed by atoms with Gasteiger partial charge in [-0.3, -0.25) is 0 Å². The van der Waals surface area contributed by atoms with E-state index in [0.29, 0.717) is 0 Å². The van der Waals surface area contributed by atoms with Crippen molar-refractivity contribution in [1.82, 2.24) is 4.90 Å². The van der Waals surface area contributed by atoms with Crippen LogP contribution in [-0.2, 0) is 6.54 Å². The van der Waals surface area contributed by atoms with Crippen molar-refractivity contribution in [3.05, 3.63) is 28.3 Å². The van der Waals surface area contributed by atoms with Crippen LogP contribution in [0, 0.1) is 20.8 Å². The van der Waals surface area contributed by atoms with E-state index in [-0.39, 0.29) is 5.54 Å². The highest BCUT2D eigenvalue weighted by atomic mass is 16.5. The molecule has 1 rings (SSSR count). The lowest BCUT2D eigenvalue weighted by molar-refractivity contribution is 0.262. The van der Waals surface area contributed by atoms with Gasteiger partial charge in [0.25, 0.3) is 0 Å². The summed E-state index contributed by atoms with van der Waals surface area (Å²) < 4.78 is 5.46. The van der Waals surface area contributed by atoms with Crippen molar-refractivity contribution in [2.24, 2.45) is 5.73 Å². The van der Waals surface area contributed by atoms with Crippen LogP contribution in [0.5, 0.6) is 5.75 Å². The molecule has 0 spiro atoms. The summed E-state index contributed by atoms with van der Waals surface area (Å²) in [6.45, 7) is 12.3. The van der Waals surface area contributed by atoms with Crippen molar-refractivity contribution >= 4 is 0 Å². The van der Waals surface area contributed by atoms with Crippen molar-refractivity contribution in [3.63, 3.8) is 0 Å². The fourth-order valence-corrected chi connectivity index (χ4v) is 2.66. The average molecular weight is 264 g/mol. The maximum absolute atomic E-state index is 6.07. The maximum Gasteiger partial charge on any atom is 0.124 e. The van der Waals surface area contributed by atoms with Gasteiger partial charge in [0.05, 0.1) is 7.11 Å².